The summed E-state index contributed by atoms with van der Waals surface area (Å²) < 4.78 is 36.8. The van der Waals surface area contributed by atoms with Gasteiger partial charge in [0.15, 0.2) is 0 Å². The van der Waals surface area contributed by atoms with Crippen LogP contribution < -0.4 is 25.4 Å². The number of halogens is 3. The molecule has 0 saturated carbocycles. The van der Waals surface area contributed by atoms with E-state index in [-0.39, 0.29) is 17.4 Å². The van der Waals surface area contributed by atoms with Gasteiger partial charge in [-0.05, 0) is 35.9 Å². The number of β-amino-alcohol motifs (C(OH)–C–C–N with tert-alkyl or cyclic N) is 1. The number of rotatable bonds is 6. The molecule has 11 heteroatoms. The van der Waals surface area contributed by atoms with Gasteiger partial charge in [0.05, 0.1) is 23.5 Å². The largest absolute Gasteiger partial charge is 0.488 e. The van der Waals surface area contributed by atoms with E-state index >= 15 is 0 Å². The van der Waals surface area contributed by atoms with Crippen molar-refractivity contribution in [2.75, 3.05) is 43.0 Å². The Morgan fingerprint density at radius 1 is 1.25 bits per heavy atom. The van der Waals surface area contributed by atoms with Gasteiger partial charge in [-0.3, -0.25) is 4.90 Å². The van der Waals surface area contributed by atoms with E-state index in [0.29, 0.717) is 29.5 Å². The Labute approximate surface area is 212 Å². The van der Waals surface area contributed by atoms with Gasteiger partial charge < -0.3 is 30.5 Å². The minimum atomic E-state index is -2.61. The van der Waals surface area contributed by atoms with Crippen molar-refractivity contribution in [1.29, 1.82) is 0 Å². The normalized spacial score (nSPS) is 23.1. The van der Waals surface area contributed by atoms with Gasteiger partial charge in [-0.1, -0.05) is 11.6 Å². The zero-order valence-corrected chi connectivity index (χ0v) is 20.4. The zero-order valence-electron chi connectivity index (χ0n) is 19.6. The fourth-order valence-electron chi connectivity index (χ4n) is 5.53. The number of ether oxygens (including phenoxy) is 2. The van der Waals surface area contributed by atoms with Crippen molar-refractivity contribution in [3.8, 4) is 11.5 Å². The lowest BCUT2D eigenvalue weighted by atomic mass is 9.86. The highest BCUT2D eigenvalue weighted by atomic mass is 35.5. The molecular weight excluding hydrogens is 494 g/mol. The van der Waals surface area contributed by atoms with Gasteiger partial charge in [-0.15, -0.1) is 0 Å². The van der Waals surface area contributed by atoms with Crippen molar-refractivity contribution < 1.29 is 28.2 Å². The van der Waals surface area contributed by atoms with Crippen molar-refractivity contribution in [3.63, 3.8) is 0 Å². The second-order valence-corrected chi connectivity index (χ2v) is 10.1. The van der Waals surface area contributed by atoms with E-state index in [0.717, 1.165) is 43.7 Å². The van der Waals surface area contributed by atoms with E-state index in [1.54, 1.807) is 12.1 Å². The van der Waals surface area contributed by atoms with E-state index in [1.807, 2.05) is 23.1 Å². The molecule has 194 valence electrons. The van der Waals surface area contributed by atoms with E-state index in [2.05, 4.69) is 10.2 Å². The molecule has 2 amide bonds. The molecule has 5 rings (SSSR count). The number of amides is 2. The zero-order chi connectivity index (χ0) is 25.4. The van der Waals surface area contributed by atoms with Crippen LogP contribution in [-0.2, 0) is 6.42 Å². The van der Waals surface area contributed by atoms with Gasteiger partial charge in [0.2, 0.25) is 0 Å². The Kier molecular flexibility index (Phi) is 6.84. The molecule has 3 heterocycles. The van der Waals surface area contributed by atoms with Crippen LogP contribution in [0.4, 0.5) is 25.0 Å². The molecule has 0 aliphatic carbocycles. The third-order valence-electron chi connectivity index (χ3n) is 7.24. The van der Waals surface area contributed by atoms with E-state index in [1.165, 1.54) is 6.07 Å². The molecule has 2 fully saturated rings. The standard InChI is InChI=1S/C25H29ClF2N4O4/c26-16-1-4-22-15(9-16)11-25(36-22)5-7-31(8-6-25)20-12-32(13-21(20)33)19-10-17(35-14-23(27)28)2-3-18(19)30-24(29)34/h1-4,9-10,20-21,23,33H,5-8,11-14H2,(H3,29,30,34)/t20?,21-/m1/s1. The lowest BCUT2D eigenvalue weighted by Gasteiger charge is -2.41. The predicted octanol–water partition coefficient (Wildman–Crippen LogP) is 3.49. The Morgan fingerprint density at radius 3 is 2.75 bits per heavy atom. The number of aliphatic hydroxyl groups excluding tert-OH is 1. The number of nitrogens with one attached hydrogen (secondary N) is 1. The summed E-state index contributed by atoms with van der Waals surface area (Å²) in [6, 6.07) is 9.50. The quantitative estimate of drug-likeness (QED) is 0.537. The van der Waals surface area contributed by atoms with Gasteiger partial charge in [0.25, 0.3) is 6.43 Å². The van der Waals surface area contributed by atoms with Crippen molar-refractivity contribution >= 4 is 29.0 Å². The van der Waals surface area contributed by atoms with Crippen LogP contribution in [0.5, 0.6) is 11.5 Å². The second kappa shape index (κ2) is 9.91. The summed E-state index contributed by atoms with van der Waals surface area (Å²) in [6.45, 7) is 1.61. The monoisotopic (exact) mass is 522 g/mol. The van der Waals surface area contributed by atoms with E-state index < -0.39 is 25.2 Å². The molecule has 2 aromatic carbocycles. The molecule has 2 aromatic rings. The average molecular weight is 523 g/mol. The number of primary amides is 1. The number of nitrogens with zero attached hydrogens (tertiary/aromatic N) is 2. The third kappa shape index (κ3) is 5.16. The van der Waals surface area contributed by atoms with Crippen LogP contribution in [0.3, 0.4) is 0 Å². The molecule has 36 heavy (non-hydrogen) atoms. The van der Waals surface area contributed by atoms with Gasteiger partial charge in [-0.2, -0.15) is 0 Å². The van der Waals surface area contributed by atoms with Crippen LogP contribution in [0.25, 0.3) is 0 Å². The molecule has 3 aliphatic heterocycles. The van der Waals surface area contributed by atoms with Crippen LogP contribution in [-0.4, -0.2) is 73.0 Å². The van der Waals surface area contributed by atoms with Crippen LogP contribution >= 0.6 is 11.6 Å². The summed E-state index contributed by atoms with van der Waals surface area (Å²) >= 11 is 6.15. The van der Waals surface area contributed by atoms with Crippen molar-refractivity contribution in [2.24, 2.45) is 5.73 Å². The van der Waals surface area contributed by atoms with Crippen molar-refractivity contribution in [2.45, 2.75) is 43.4 Å². The maximum atomic E-state index is 12.6. The average Bonchev–Trinajstić information content (AvgIpc) is 3.38. The summed E-state index contributed by atoms with van der Waals surface area (Å²) in [7, 11) is 0. The van der Waals surface area contributed by atoms with E-state index in [4.69, 9.17) is 26.8 Å². The molecule has 1 spiro atoms. The molecule has 1 unspecified atom stereocenters. The second-order valence-electron chi connectivity index (χ2n) is 9.66. The number of carbonyl (C=O) groups excluding carboxylic acids is 1. The van der Waals surface area contributed by atoms with Crippen molar-refractivity contribution in [3.05, 3.63) is 47.0 Å². The first-order valence-electron chi connectivity index (χ1n) is 12.0. The lowest BCUT2D eigenvalue weighted by Crippen LogP contribution is -2.53. The molecule has 0 bridgehead atoms. The van der Waals surface area contributed by atoms with Crippen molar-refractivity contribution in [1.82, 2.24) is 4.90 Å². The molecule has 8 nitrogen and oxygen atoms in total. The maximum absolute atomic E-state index is 12.6. The van der Waals surface area contributed by atoms with Crippen LogP contribution in [0.2, 0.25) is 5.02 Å². The predicted molar refractivity (Wildman–Crippen MR) is 132 cm³/mol. The number of nitrogens with two attached hydrogens (primary N) is 1. The minimum absolute atomic E-state index is 0.132. The molecule has 0 radical (unpaired) electrons. The number of urea groups is 1. The van der Waals surface area contributed by atoms with Gasteiger partial charge in [0.1, 0.15) is 23.7 Å². The number of anilines is 2. The summed E-state index contributed by atoms with van der Waals surface area (Å²) in [5, 5.41) is 14.2. The number of piperidine rings is 1. The molecular formula is C25H29ClF2N4O4. The Bertz CT molecular complexity index is 1130. The molecule has 3 aliphatic rings. The highest BCUT2D eigenvalue weighted by Crippen LogP contribution is 2.43. The molecule has 2 saturated heterocycles. The number of hydrogen-bond acceptors (Lipinski definition) is 6. The maximum Gasteiger partial charge on any atom is 0.316 e. The first-order valence-corrected chi connectivity index (χ1v) is 12.4. The molecule has 4 N–H and O–H groups in total. The first-order chi connectivity index (χ1) is 17.2. The highest BCUT2D eigenvalue weighted by Gasteiger charge is 2.45. The van der Waals surface area contributed by atoms with Crippen LogP contribution in [0.15, 0.2) is 36.4 Å². The summed E-state index contributed by atoms with van der Waals surface area (Å²) in [6.07, 6.45) is -0.761. The summed E-state index contributed by atoms with van der Waals surface area (Å²) in [4.78, 5) is 15.7. The number of alkyl halides is 2. The number of carbonyl (C=O) groups is 1. The van der Waals surface area contributed by atoms with Crippen LogP contribution in [0.1, 0.15) is 18.4 Å². The lowest BCUT2D eigenvalue weighted by molar-refractivity contribution is -0.0107. The molecule has 2 atom stereocenters. The third-order valence-corrected chi connectivity index (χ3v) is 7.48. The fraction of sp³-hybridized carbons (Fsp3) is 0.480. The topological polar surface area (TPSA) is 100 Å². The fourth-order valence-corrected chi connectivity index (χ4v) is 5.72. The van der Waals surface area contributed by atoms with Gasteiger partial charge in [-0.25, -0.2) is 13.6 Å². The summed E-state index contributed by atoms with van der Waals surface area (Å²) in [5.74, 6) is 1.14. The SMILES string of the molecule is NC(=O)Nc1ccc(OCC(F)F)cc1N1CC(N2CCC3(CC2)Cc2cc(Cl)ccc2O3)[C@H](O)C1. The smallest absolute Gasteiger partial charge is 0.316 e. The number of likely N-dealkylation sites (tertiary alicyclic amines) is 1. The number of fused-ring (bicyclic) bond motifs is 1. The number of benzene rings is 2. The van der Waals surface area contributed by atoms with E-state index in [9.17, 15) is 18.7 Å². The Morgan fingerprint density at radius 2 is 2.03 bits per heavy atom. The van der Waals surface area contributed by atoms with Gasteiger partial charge >= 0.3 is 6.03 Å². The Hall–Kier alpha value is -2.82. The first kappa shape index (κ1) is 24.9. The number of aliphatic hydroxyl groups is 1. The highest BCUT2D eigenvalue weighted by molar-refractivity contribution is 6.30. The Balaban J connectivity index is 1.27. The van der Waals surface area contributed by atoms with Gasteiger partial charge in [0, 0.05) is 56.5 Å². The minimum Gasteiger partial charge on any atom is -0.488 e. The molecule has 0 aromatic heterocycles. The summed E-state index contributed by atoms with van der Waals surface area (Å²) in [5.41, 5.74) is 7.19. The number of hydrogen-bond donors (Lipinski definition) is 3. The van der Waals surface area contributed by atoms with Crippen LogP contribution in [0, 0.1) is 0 Å².